The molecule has 1 saturated heterocycles. The van der Waals surface area contributed by atoms with E-state index in [1.54, 1.807) is 6.20 Å². The molecule has 2 heterocycles. The van der Waals surface area contributed by atoms with Crippen LogP contribution < -0.4 is 10.6 Å². The lowest BCUT2D eigenvalue weighted by Gasteiger charge is -2.34. The summed E-state index contributed by atoms with van der Waals surface area (Å²) in [6.45, 7) is 3.45. The lowest BCUT2D eigenvalue weighted by atomic mass is 9.89. The Labute approximate surface area is 156 Å². The van der Waals surface area contributed by atoms with Crippen LogP contribution in [0.3, 0.4) is 0 Å². The molecule has 3 rings (SSSR count). The van der Waals surface area contributed by atoms with Gasteiger partial charge in [-0.1, -0.05) is 25.7 Å². The van der Waals surface area contributed by atoms with E-state index in [1.807, 2.05) is 10.7 Å². The molecule has 1 atom stereocenters. The summed E-state index contributed by atoms with van der Waals surface area (Å²) in [5.41, 5.74) is 0. The van der Waals surface area contributed by atoms with Gasteiger partial charge in [0.2, 0.25) is 0 Å². The molecule has 7 heteroatoms. The average molecular weight is 364 g/mol. The van der Waals surface area contributed by atoms with Crippen LogP contribution in [0.1, 0.15) is 51.4 Å². The molecule has 0 bridgehead atoms. The third-order valence-electron chi connectivity index (χ3n) is 5.76. The number of nitrogens with one attached hydrogen (secondary N) is 2. The summed E-state index contributed by atoms with van der Waals surface area (Å²) in [6, 6.07) is 1.91. The smallest absolute Gasteiger partial charge is 0.320 e. The number of anilines is 1. The van der Waals surface area contributed by atoms with Gasteiger partial charge in [0.05, 0.1) is 12.8 Å². The summed E-state index contributed by atoms with van der Waals surface area (Å²) in [6.07, 6.45) is 11.6. The van der Waals surface area contributed by atoms with E-state index in [4.69, 9.17) is 0 Å². The topological polar surface area (TPSA) is 82.4 Å². The van der Waals surface area contributed by atoms with Gasteiger partial charge in [0.25, 0.3) is 0 Å². The normalized spacial score (nSPS) is 22.3. The first-order valence-electron chi connectivity index (χ1n) is 10.2. The minimum Gasteiger partial charge on any atom is -0.395 e. The minimum atomic E-state index is -0.187. The Balaban J connectivity index is 1.41. The molecule has 7 nitrogen and oxygen atoms in total. The van der Waals surface area contributed by atoms with E-state index >= 15 is 0 Å². The van der Waals surface area contributed by atoms with Crippen LogP contribution >= 0.6 is 0 Å². The van der Waals surface area contributed by atoms with E-state index in [9.17, 15) is 9.90 Å². The predicted octanol–water partition coefficient (Wildman–Crippen LogP) is 2.43. The highest BCUT2D eigenvalue weighted by Crippen LogP contribution is 2.25. The van der Waals surface area contributed by atoms with Crippen molar-refractivity contribution in [1.82, 2.24) is 20.0 Å². The van der Waals surface area contributed by atoms with Crippen molar-refractivity contribution in [2.45, 2.75) is 64.0 Å². The van der Waals surface area contributed by atoms with Gasteiger partial charge in [-0.15, -0.1) is 0 Å². The van der Waals surface area contributed by atoms with Gasteiger partial charge >= 0.3 is 6.03 Å². The fourth-order valence-electron chi connectivity index (χ4n) is 4.23. The molecule has 146 valence electrons. The van der Waals surface area contributed by atoms with Crippen LogP contribution in [0, 0.1) is 5.92 Å². The largest absolute Gasteiger partial charge is 0.395 e. The molecule has 2 aliphatic rings. The number of hydrogen-bond acceptors (Lipinski definition) is 4. The number of carbonyl (C=O) groups excluding carboxylic acids is 1. The number of aliphatic hydroxyl groups is 1. The van der Waals surface area contributed by atoms with Crippen molar-refractivity contribution < 1.29 is 9.90 Å². The van der Waals surface area contributed by atoms with Crippen LogP contribution in [0.5, 0.6) is 0 Å². The van der Waals surface area contributed by atoms with E-state index in [2.05, 4.69) is 20.6 Å². The zero-order valence-electron chi connectivity index (χ0n) is 15.7. The highest BCUT2D eigenvalue weighted by atomic mass is 16.3. The van der Waals surface area contributed by atoms with Crippen molar-refractivity contribution in [3.05, 3.63) is 12.3 Å². The maximum absolute atomic E-state index is 12.2. The third kappa shape index (κ3) is 5.45. The van der Waals surface area contributed by atoms with Crippen LogP contribution in [0.2, 0.25) is 0 Å². The summed E-state index contributed by atoms with van der Waals surface area (Å²) in [4.78, 5) is 14.5. The van der Waals surface area contributed by atoms with E-state index in [0.717, 1.165) is 31.9 Å². The summed E-state index contributed by atoms with van der Waals surface area (Å²) in [5, 5.41) is 19.7. The molecule has 3 N–H and O–H groups in total. The fourth-order valence-corrected chi connectivity index (χ4v) is 4.23. The highest BCUT2D eigenvalue weighted by Gasteiger charge is 2.21. The number of carbonyl (C=O) groups is 1. The first kappa shape index (κ1) is 19.2. The van der Waals surface area contributed by atoms with Crippen LogP contribution in [0.25, 0.3) is 0 Å². The molecule has 2 amide bonds. The van der Waals surface area contributed by atoms with Gasteiger partial charge < -0.3 is 10.4 Å². The van der Waals surface area contributed by atoms with Gasteiger partial charge in [0, 0.05) is 31.7 Å². The molecular formula is C19H33N5O2. The van der Waals surface area contributed by atoms with Gasteiger partial charge in [-0.25, -0.2) is 9.48 Å². The van der Waals surface area contributed by atoms with Crippen LogP contribution in [0.15, 0.2) is 12.3 Å². The molecule has 2 fully saturated rings. The highest BCUT2D eigenvalue weighted by molar-refractivity contribution is 5.88. The summed E-state index contributed by atoms with van der Waals surface area (Å²) < 4.78 is 1.92. The standard InChI is InChI=1S/C19H33N5O2/c25-15-17-8-4-5-12-23(17)13-11-20-19(26)22-18-9-10-21-24(18)14-16-6-2-1-3-7-16/h9-10,16-17,25H,1-8,11-15H2,(H2,20,22,26)/t17-/m1/s1. The average Bonchev–Trinajstić information content (AvgIpc) is 3.09. The Kier molecular flexibility index (Phi) is 7.32. The molecule has 0 unspecified atom stereocenters. The zero-order chi connectivity index (χ0) is 18.2. The predicted molar refractivity (Wildman–Crippen MR) is 102 cm³/mol. The molecule has 1 aliphatic heterocycles. The SMILES string of the molecule is O=C(NCCN1CCCC[C@@H]1CO)Nc1ccnn1CC1CCCCC1. The Hall–Kier alpha value is -1.60. The second kappa shape index (κ2) is 9.92. The molecular weight excluding hydrogens is 330 g/mol. The van der Waals surface area contributed by atoms with Crippen LogP contribution in [-0.2, 0) is 6.54 Å². The van der Waals surface area contributed by atoms with Crippen LogP contribution in [0.4, 0.5) is 10.6 Å². The van der Waals surface area contributed by atoms with Crippen molar-refractivity contribution in [2.24, 2.45) is 5.92 Å². The molecule has 1 aromatic rings. The number of likely N-dealkylation sites (tertiary alicyclic amines) is 1. The number of aromatic nitrogens is 2. The number of piperidine rings is 1. The van der Waals surface area contributed by atoms with Gasteiger partial charge in [-0.3, -0.25) is 10.2 Å². The Morgan fingerprint density at radius 2 is 2.00 bits per heavy atom. The van der Waals surface area contributed by atoms with Gasteiger partial charge in [0.1, 0.15) is 5.82 Å². The van der Waals surface area contributed by atoms with Gasteiger partial charge in [0.15, 0.2) is 0 Å². The van der Waals surface area contributed by atoms with E-state index in [1.165, 1.54) is 44.9 Å². The van der Waals surface area contributed by atoms with Crippen molar-refractivity contribution in [3.63, 3.8) is 0 Å². The monoisotopic (exact) mass is 363 g/mol. The number of nitrogens with zero attached hydrogens (tertiary/aromatic N) is 3. The third-order valence-corrected chi connectivity index (χ3v) is 5.76. The van der Waals surface area contributed by atoms with Crippen LogP contribution in [-0.4, -0.2) is 58.1 Å². The minimum absolute atomic E-state index is 0.187. The quantitative estimate of drug-likeness (QED) is 0.695. The summed E-state index contributed by atoms with van der Waals surface area (Å²) >= 11 is 0. The van der Waals surface area contributed by atoms with Crippen molar-refractivity contribution >= 4 is 11.8 Å². The number of amides is 2. The Bertz CT molecular complexity index is 556. The van der Waals surface area contributed by atoms with Crippen molar-refractivity contribution in [3.8, 4) is 0 Å². The maximum Gasteiger partial charge on any atom is 0.320 e. The second-order valence-corrected chi connectivity index (χ2v) is 7.65. The number of hydrogen-bond donors (Lipinski definition) is 3. The zero-order valence-corrected chi connectivity index (χ0v) is 15.7. The second-order valence-electron chi connectivity index (χ2n) is 7.65. The number of rotatable bonds is 7. The lowest BCUT2D eigenvalue weighted by molar-refractivity contribution is 0.0917. The van der Waals surface area contributed by atoms with E-state index < -0.39 is 0 Å². The molecule has 26 heavy (non-hydrogen) atoms. The number of urea groups is 1. The molecule has 0 spiro atoms. The number of aliphatic hydroxyl groups excluding tert-OH is 1. The molecule has 0 aromatic carbocycles. The van der Waals surface area contributed by atoms with E-state index in [0.29, 0.717) is 12.5 Å². The Morgan fingerprint density at radius 1 is 1.19 bits per heavy atom. The first-order valence-corrected chi connectivity index (χ1v) is 10.2. The lowest BCUT2D eigenvalue weighted by Crippen LogP contribution is -2.46. The summed E-state index contributed by atoms with van der Waals surface area (Å²) in [7, 11) is 0. The Morgan fingerprint density at radius 3 is 2.81 bits per heavy atom. The maximum atomic E-state index is 12.2. The molecule has 1 aromatic heterocycles. The van der Waals surface area contributed by atoms with E-state index in [-0.39, 0.29) is 18.7 Å². The van der Waals surface area contributed by atoms with Crippen molar-refractivity contribution in [1.29, 1.82) is 0 Å². The van der Waals surface area contributed by atoms with Gasteiger partial charge in [-0.2, -0.15) is 5.10 Å². The fraction of sp³-hybridized carbons (Fsp3) is 0.789. The van der Waals surface area contributed by atoms with Crippen molar-refractivity contribution in [2.75, 3.05) is 31.6 Å². The first-order chi connectivity index (χ1) is 12.8. The molecule has 1 aliphatic carbocycles. The summed E-state index contributed by atoms with van der Waals surface area (Å²) in [5.74, 6) is 1.43. The van der Waals surface area contributed by atoms with Gasteiger partial charge in [-0.05, 0) is 38.1 Å². The molecule has 1 saturated carbocycles. The molecule has 0 radical (unpaired) electrons.